The molecule has 3 atom stereocenters. The van der Waals surface area contributed by atoms with Crippen molar-refractivity contribution in [1.82, 2.24) is 25.4 Å². The molecular weight excluding hydrogens is 496 g/mol. The van der Waals surface area contributed by atoms with Crippen LogP contribution in [-0.2, 0) is 27.1 Å². The zero-order valence-electron chi connectivity index (χ0n) is 19.7. The largest absolute Gasteiger partial charge is 0.416 e. The molecule has 0 bridgehead atoms. The minimum absolute atomic E-state index is 0.156. The predicted octanol–water partition coefficient (Wildman–Crippen LogP) is 2.70. The van der Waals surface area contributed by atoms with E-state index in [0.29, 0.717) is 37.4 Å². The van der Waals surface area contributed by atoms with Gasteiger partial charge in [-0.15, -0.1) is 0 Å². The first-order chi connectivity index (χ1) is 17.8. The number of benzene rings is 1. The lowest BCUT2D eigenvalue weighted by atomic mass is 10.1. The van der Waals surface area contributed by atoms with Crippen LogP contribution in [0, 0.1) is 5.95 Å². The van der Waals surface area contributed by atoms with Crippen LogP contribution < -0.4 is 10.6 Å². The molecular formula is C24H26F4N6O3. The summed E-state index contributed by atoms with van der Waals surface area (Å²) in [6.45, 7) is 2.47. The van der Waals surface area contributed by atoms with Crippen molar-refractivity contribution >= 4 is 22.6 Å². The molecule has 3 N–H and O–H groups in total. The fourth-order valence-corrected chi connectivity index (χ4v) is 4.66. The molecule has 37 heavy (non-hydrogen) atoms. The minimum Gasteiger partial charge on any atom is -0.380 e. The maximum absolute atomic E-state index is 13.1. The van der Waals surface area contributed by atoms with Gasteiger partial charge in [0.1, 0.15) is 0 Å². The minimum atomic E-state index is -4.49. The van der Waals surface area contributed by atoms with Crippen LogP contribution in [0.2, 0.25) is 0 Å². The number of alkyl halides is 3. The molecule has 2 unspecified atom stereocenters. The lowest BCUT2D eigenvalue weighted by Crippen LogP contribution is -2.46. The van der Waals surface area contributed by atoms with Crippen LogP contribution in [0.15, 0.2) is 36.5 Å². The second-order valence-electron chi connectivity index (χ2n) is 9.17. The monoisotopic (exact) mass is 522 g/mol. The van der Waals surface area contributed by atoms with Gasteiger partial charge in [0.15, 0.2) is 5.82 Å². The number of carbonyl (C=O) groups excluding carboxylic acids is 1. The molecule has 3 aromatic rings. The van der Waals surface area contributed by atoms with Crippen molar-refractivity contribution in [3.05, 3.63) is 53.6 Å². The van der Waals surface area contributed by atoms with Gasteiger partial charge in [-0.3, -0.25) is 14.8 Å². The third kappa shape index (κ3) is 6.00. The first-order valence-corrected chi connectivity index (χ1v) is 11.9. The van der Waals surface area contributed by atoms with Crippen LogP contribution in [0.25, 0.3) is 10.9 Å². The van der Waals surface area contributed by atoms with E-state index in [1.54, 1.807) is 6.07 Å². The number of likely N-dealkylation sites (tertiary alicyclic amines) is 1. The van der Waals surface area contributed by atoms with E-state index < -0.39 is 17.7 Å². The molecule has 0 aliphatic carbocycles. The van der Waals surface area contributed by atoms with Gasteiger partial charge >= 0.3 is 6.18 Å². The van der Waals surface area contributed by atoms with Gasteiger partial charge in [0, 0.05) is 37.3 Å². The number of nitrogens with one attached hydrogen (secondary N) is 3. The molecule has 0 spiro atoms. The lowest BCUT2D eigenvalue weighted by molar-refractivity contribution is -0.137. The second-order valence-corrected chi connectivity index (χ2v) is 9.17. The van der Waals surface area contributed by atoms with Gasteiger partial charge in [0.25, 0.3) is 0 Å². The number of anilines is 1. The van der Waals surface area contributed by atoms with Crippen molar-refractivity contribution in [2.45, 2.75) is 37.4 Å². The van der Waals surface area contributed by atoms with Gasteiger partial charge in [-0.25, -0.2) is 4.98 Å². The molecule has 2 fully saturated rings. The van der Waals surface area contributed by atoms with Crippen LogP contribution in [0.5, 0.6) is 0 Å². The Bertz CT molecular complexity index is 1230. The summed E-state index contributed by atoms with van der Waals surface area (Å²) in [6, 6.07) is 6.03. The summed E-state index contributed by atoms with van der Waals surface area (Å²) < 4.78 is 64.0. The van der Waals surface area contributed by atoms with Crippen LogP contribution >= 0.6 is 0 Å². The Balaban J connectivity index is 1.22. The summed E-state index contributed by atoms with van der Waals surface area (Å²) >= 11 is 0. The number of amides is 1. The molecule has 2 aliphatic heterocycles. The summed E-state index contributed by atoms with van der Waals surface area (Å²) in [5.74, 6) is -0.771. The lowest BCUT2D eigenvalue weighted by Gasteiger charge is -2.21. The quantitative estimate of drug-likeness (QED) is 0.309. The summed E-state index contributed by atoms with van der Waals surface area (Å²) in [6.07, 6.45) is -2.51. The topological polar surface area (TPSA) is 104 Å². The van der Waals surface area contributed by atoms with Crippen LogP contribution in [-0.4, -0.2) is 77.0 Å². The van der Waals surface area contributed by atoms with Crippen molar-refractivity contribution < 1.29 is 31.8 Å². The Labute approximate surface area is 209 Å². The molecule has 0 radical (unpaired) electrons. The highest BCUT2D eigenvalue weighted by atomic mass is 19.4. The smallest absolute Gasteiger partial charge is 0.380 e. The molecule has 4 heterocycles. The number of halogens is 4. The number of hydrogen-bond donors (Lipinski definition) is 3. The van der Waals surface area contributed by atoms with E-state index in [4.69, 9.17) is 9.47 Å². The van der Waals surface area contributed by atoms with Crippen molar-refractivity contribution in [2.24, 2.45) is 0 Å². The Hall–Kier alpha value is -3.29. The van der Waals surface area contributed by atoms with E-state index >= 15 is 0 Å². The number of hydrogen-bond acceptors (Lipinski definition) is 7. The van der Waals surface area contributed by atoms with E-state index in [-0.39, 0.29) is 48.5 Å². The number of fused-ring (bicyclic) bond motifs is 1. The average Bonchev–Trinajstić information content (AvgIpc) is 3.62. The Morgan fingerprint density at radius 1 is 1.24 bits per heavy atom. The molecule has 2 saturated heterocycles. The highest BCUT2D eigenvalue weighted by molar-refractivity contribution is 5.92. The van der Waals surface area contributed by atoms with Crippen molar-refractivity contribution in [1.29, 1.82) is 0 Å². The number of aromatic amines is 1. The predicted molar refractivity (Wildman–Crippen MR) is 125 cm³/mol. The summed E-state index contributed by atoms with van der Waals surface area (Å²) in [5.41, 5.74) is 0.330. The summed E-state index contributed by atoms with van der Waals surface area (Å²) in [4.78, 5) is 18.7. The number of pyridine rings is 1. The van der Waals surface area contributed by atoms with E-state index in [1.807, 2.05) is 0 Å². The van der Waals surface area contributed by atoms with Crippen LogP contribution in [0.3, 0.4) is 0 Å². The summed E-state index contributed by atoms with van der Waals surface area (Å²) in [5, 5.41) is 12.7. The first-order valence-electron chi connectivity index (χ1n) is 11.9. The highest BCUT2D eigenvalue weighted by Crippen LogP contribution is 2.32. The van der Waals surface area contributed by atoms with Gasteiger partial charge in [-0.05, 0) is 36.2 Å². The maximum atomic E-state index is 13.1. The molecule has 2 aromatic heterocycles. The molecule has 198 valence electrons. The van der Waals surface area contributed by atoms with E-state index in [1.165, 1.54) is 18.3 Å². The number of carbonyl (C=O) groups is 1. The molecule has 9 nitrogen and oxygen atoms in total. The third-order valence-electron chi connectivity index (χ3n) is 6.62. The second kappa shape index (κ2) is 10.6. The molecule has 1 aromatic carbocycles. The van der Waals surface area contributed by atoms with Crippen molar-refractivity contribution in [2.75, 3.05) is 38.2 Å². The van der Waals surface area contributed by atoms with E-state index in [9.17, 15) is 22.4 Å². The van der Waals surface area contributed by atoms with Crippen LogP contribution in [0.4, 0.5) is 23.4 Å². The zero-order chi connectivity index (χ0) is 26.0. The first kappa shape index (κ1) is 25.4. The molecule has 2 aliphatic rings. The van der Waals surface area contributed by atoms with E-state index in [0.717, 1.165) is 18.6 Å². The van der Waals surface area contributed by atoms with E-state index in [2.05, 4.69) is 30.7 Å². The number of aromatic nitrogens is 3. The molecule has 0 saturated carbocycles. The Morgan fingerprint density at radius 3 is 2.84 bits per heavy atom. The van der Waals surface area contributed by atoms with Crippen molar-refractivity contribution in [3.8, 4) is 0 Å². The Kier molecular flexibility index (Phi) is 7.26. The fraction of sp³-hybridized carbons (Fsp3) is 0.458. The normalized spacial score (nSPS) is 22.5. The SMILES string of the molecule is O=C(CNc1n[nH]c2ccc(C(F)(F)F)cc12)NC1CN(C2CCOC2)C[C@@H]1OCc1ccc(F)nc1. The zero-order valence-corrected chi connectivity index (χ0v) is 19.7. The fourth-order valence-electron chi connectivity index (χ4n) is 4.66. The van der Waals surface area contributed by atoms with Gasteiger partial charge in [-0.1, -0.05) is 6.07 Å². The number of ether oxygens (including phenoxy) is 2. The average molecular weight is 523 g/mol. The maximum Gasteiger partial charge on any atom is 0.416 e. The van der Waals surface area contributed by atoms with Gasteiger partial charge < -0.3 is 20.1 Å². The molecule has 1 amide bonds. The molecule has 5 rings (SSSR count). The molecule has 13 heteroatoms. The number of nitrogens with zero attached hydrogens (tertiary/aromatic N) is 3. The standard InChI is InChI=1S/C24H26F4N6O3/c25-21-4-1-14(8-29-21)12-37-20-11-34(16-5-6-36-13-16)10-19(20)31-22(35)9-30-23-17-7-15(24(26,27)28)2-3-18(17)32-33-23/h1-4,7-8,16,19-20H,5-6,9-13H2,(H,31,35)(H2,30,32,33)/t16?,19?,20-/m0/s1. The van der Waals surface area contributed by atoms with Crippen LogP contribution in [0.1, 0.15) is 17.5 Å². The van der Waals surface area contributed by atoms with Gasteiger partial charge in [0.05, 0.1) is 43.0 Å². The number of rotatable bonds is 8. The van der Waals surface area contributed by atoms with Gasteiger partial charge in [0.2, 0.25) is 11.9 Å². The third-order valence-corrected chi connectivity index (χ3v) is 6.62. The highest BCUT2D eigenvalue weighted by Gasteiger charge is 2.39. The Morgan fingerprint density at radius 2 is 2.11 bits per heavy atom. The van der Waals surface area contributed by atoms with Gasteiger partial charge in [-0.2, -0.15) is 22.7 Å². The number of H-pyrrole nitrogens is 1. The van der Waals surface area contributed by atoms with Crippen molar-refractivity contribution in [3.63, 3.8) is 0 Å². The summed E-state index contributed by atoms with van der Waals surface area (Å²) in [7, 11) is 0.